The Morgan fingerprint density at radius 3 is 2.35 bits per heavy atom. The van der Waals surface area contributed by atoms with E-state index in [-0.39, 0.29) is 6.61 Å². The lowest BCUT2D eigenvalue weighted by Crippen LogP contribution is -2.12. The molecule has 128 valence electrons. The molecule has 1 aromatic heterocycles. The molecule has 0 spiro atoms. The normalized spacial score (nSPS) is 10.2. The molecule has 5 nitrogen and oxygen atoms in total. The van der Waals surface area contributed by atoms with Gasteiger partial charge < -0.3 is 4.74 Å². The number of nitrogens with zero attached hydrogens (tertiary/aromatic N) is 3. The van der Waals surface area contributed by atoms with E-state index in [9.17, 15) is 4.79 Å². The van der Waals surface area contributed by atoms with Gasteiger partial charge in [-0.15, -0.1) is 0 Å². The summed E-state index contributed by atoms with van der Waals surface area (Å²) < 4.78 is 5.19. The zero-order chi connectivity index (χ0) is 18.5. The summed E-state index contributed by atoms with van der Waals surface area (Å²) in [6.45, 7) is 3.80. The molecule has 0 aliphatic carbocycles. The molecule has 3 aromatic rings. The Kier molecular flexibility index (Phi) is 5.04. The molecule has 0 saturated carbocycles. The number of hydrogen-bond donors (Lipinski definition) is 0. The van der Waals surface area contributed by atoms with Crippen molar-refractivity contribution in [3.63, 3.8) is 0 Å². The predicted octanol–water partition coefficient (Wildman–Crippen LogP) is 4.17. The van der Waals surface area contributed by atoms with Crippen LogP contribution in [0.1, 0.15) is 28.5 Å². The topological polar surface area (TPSA) is 75.9 Å². The highest BCUT2D eigenvalue weighted by atomic mass is 16.5. The van der Waals surface area contributed by atoms with Gasteiger partial charge in [-0.3, -0.25) is 0 Å². The van der Waals surface area contributed by atoms with E-state index >= 15 is 0 Å². The largest absolute Gasteiger partial charge is 0.462 e. The van der Waals surface area contributed by atoms with Crippen molar-refractivity contribution in [1.29, 1.82) is 5.26 Å². The standard InChI is InChI=1S/C21H17N3O2/c1-3-26-21(25)18-14(2)23-20(17-7-5-4-6-8-17)24-19(18)16-11-9-15(13-22)10-12-16/h4-12H,3H2,1-2H3. The number of nitriles is 1. The molecule has 0 fully saturated rings. The van der Waals surface area contributed by atoms with Crippen molar-refractivity contribution in [3.8, 4) is 28.7 Å². The lowest BCUT2D eigenvalue weighted by molar-refractivity contribution is 0.0525. The van der Waals surface area contributed by atoms with Gasteiger partial charge in [0.1, 0.15) is 5.56 Å². The Bertz CT molecular complexity index is 975. The van der Waals surface area contributed by atoms with Crippen LogP contribution in [-0.2, 0) is 4.74 Å². The third-order valence-electron chi connectivity index (χ3n) is 3.89. The second-order valence-electron chi connectivity index (χ2n) is 5.63. The zero-order valence-corrected chi connectivity index (χ0v) is 14.6. The zero-order valence-electron chi connectivity index (χ0n) is 14.6. The van der Waals surface area contributed by atoms with Crippen LogP contribution in [0.5, 0.6) is 0 Å². The summed E-state index contributed by atoms with van der Waals surface area (Å²) in [5.41, 5.74) is 3.53. The number of carbonyl (C=O) groups is 1. The molecular weight excluding hydrogens is 326 g/mol. The van der Waals surface area contributed by atoms with Crippen molar-refractivity contribution in [3.05, 3.63) is 71.4 Å². The first-order valence-corrected chi connectivity index (χ1v) is 8.25. The van der Waals surface area contributed by atoms with Gasteiger partial charge in [0.2, 0.25) is 0 Å². The number of aromatic nitrogens is 2. The van der Waals surface area contributed by atoms with Gasteiger partial charge >= 0.3 is 5.97 Å². The van der Waals surface area contributed by atoms with E-state index in [4.69, 9.17) is 10.00 Å². The van der Waals surface area contributed by atoms with E-state index in [1.54, 1.807) is 38.1 Å². The third kappa shape index (κ3) is 3.45. The lowest BCUT2D eigenvalue weighted by atomic mass is 10.0. The molecule has 2 aromatic carbocycles. The Morgan fingerprint density at radius 2 is 1.73 bits per heavy atom. The van der Waals surface area contributed by atoms with Crippen LogP contribution in [0.15, 0.2) is 54.6 Å². The van der Waals surface area contributed by atoms with Crippen LogP contribution < -0.4 is 0 Å². The maximum Gasteiger partial charge on any atom is 0.342 e. The van der Waals surface area contributed by atoms with E-state index in [0.29, 0.717) is 28.3 Å². The lowest BCUT2D eigenvalue weighted by Gasteiger charge is -2.13. The molecular formula is C21H17N3O2. The number of carbonyl (C=O) groups excluding carboxylic acids is 1. The average molecular weight is 343 g/mol. The molecule has 3 rings (SSSR count). The molecule has 5 heteroatoms. The van der Waals surface area contributed by atoms with Crippen LogP contribution in [0, 0.1) is 18.3 Å². The van der Waals surface area contributed by atoms with E-state index in [1.165, 1.54) is 0 Å². The third-order valence-corrected chi connectivity index (χ3v) is 3.89. The van der Waals surface area contributed by atoms with Gasteiger partial charge in [0.25, 0.3) is 0 Å². The average Bonchev–Trinajstić information content (AvgIpc) is 2.68. The molecule has 0 aliphatic heterocycles. The minimum Gasteiger partial charge on any atom is -0.462 e. The summed E-state index contributed by atoms with van der Waals surface area (Å²) >= 11 is 0. The number of hydrogen-bond acceptors (Lipinski definition) is 5. The van der Waals surface area contributed by atoms with Crippen LogP contribution in [0.25, 0.3) is 22.6 Å². The van der Waals surface area contributed by atoms with Crippen LogP contribution in [0.2, 0.25) is 0 Å². The van der Waals surface area contributed by atoms with Crippen LogP contribution in [0.3, 0.4) is 0 Å². The fourth-order valence-corrected chi connectivity index (χ4v) is 2.65. The summed E-state index contributed by atoms with van der Waals surface area (Å²) in [7, 11) is 0. The van der Waals surface area contributed by atoms with Crippen molar-refractivity contribution in [2.75, 3.05) is 6.61 Å². The van der Waals surface area contributed by atoms with Crippen LogP contribution >= 0.6 is 0 Å². The van der Waals surface area contributed by atoms with E-state index in [0.717, 1.165) is 11.1 Å². The molecule has 1 heterocycles. The minimum atomic E-state index is -0.455. The molecule has 0 aliphatic rings. The SMILES string of the molecule is CCOC(=O)c1c(C)nc(-c2ccccc2)nc1-c1ccc(C#N)cc1. The van der Waals surface area contributed by atoms with Gasteiger partial charge in [0.05, 0.1) is 29.6 Å². The predicted molar refractivity (Wildman–Crippen MR) is 98.3 cm³/mol. The number of rotatable bonds is 4. The molecule has 0 atom stereocenters. The maximum atomic E-state index is 12.5. The fourth-order valence-electron chi connectivity index (χ4n) is 2.65. The van der Waals surface area contributed by atoms with Gasteiger partial charge in [0, 0.05) is 11.1 Å². The molecule has 0 amide bonds. The first-order chi connectivity index (χ1) is 12.6. The number of esters is 1. The summed E-state index contributed by atoms with van der Waals surface area (Å²) in [6, 6.07) is 18.6. The summed E-state index contributed by atoms with van der Waals surface area (Å²) in [6.07, 6.45) is 0. The molecule has 0 bridgehead atoms. The molecule has 0 saturated heterocycles. The quantitative estimate of drug-likeness (QED) is 0.665. The molecule has 0 radical (unpaired) electrons. The molecule has 26 heavy (non-hydrogen) atoms. The first-order valence-electron chi connectivity index (χ1n) is 8.25. The summed E-state index contributed by atoms with van der Waals surface area (Å²) in [5.74, 6) is 0.0829. The van der Waals surface area contributed by atoms with Crippen molar-refractivity contribution < 1.29 is 9.53 Å². The summed E-state index contributed by atoms with van der Waals surface area (Å²) in [5, 5.41) is 9.00. The van der Waals surface area contributed by atoms with E-state index in [2.05, 4.69) is 16.0 Å². The Labute approximate surface area is 151 Å². The highest BCUT2D eigenvalue weighted by Gasteiger charge is 2.21. The number of aryl methyl sites for hydroxylation is 1. The molecule has 0 N–H and O–H groups in total. The second-order valence-corrected chi connectivity index (χ2v) is 5.63. The van der Waals surface area contributed by atoms with Gasteiger partial charge in [-0.1, -0.05) is 42.5 Å². The van der Waals surface area contributed by atoms with Gasteiger partial charge in [-0.25, -0.2) is 14.8 Å². The highest BCUT2D eigenvalue weighted by Crippen LogP contribution is 2.28. The van der Waals surface area contributed by atoms with Crippen molar-refractivity contribution in [2.24, 2.45) is 0 Å². The van der Waals surface area contributed by atoms with Crippen LogP contribution in [-0.4, -0.2) is 22.5 Å². The minimum absolute atomic E-state index is 0.269. The number of ether oxygens (including phenoxy) is 1. The maximum absolute atomic E-state index is 12.5. The van der Waals surface area contributed by atoms with E-state index < -0.39 is 5.97 Å². The first kappa shape index (κ1) is 17.3. The Hall–Kier alpha value is -3.52. The van der Waals surface area contributed by atoms with Gasteiger partial charge in [0.15, 0.2) is 5.82 Å². The number of benzene rings is 2. The van der Waals surface area contributed by atoms with Crippen molar-refractivity contribution in [2.45, 2.75) is 13.8 Å². The Morgan fingerprint density at radius 1 is 1.04 bits per heavy atom. The smallest absolute Gasteiger partial charge is 0.342 e. The highest BCUT2D eigenvalue weighted by molar-refractivity contribution is 5.97. The summed E-state index contributed by atoms with van der Waals surface area (Å²) in [4.78, 5) is 21.6. The van der Waals surface area contributed by atoms with Gasteiger partial charge in [-0.2, -0.15) is 5.26 Å². The van der Waals surface area contributed by atoms with Crippen LogP contribution in [0.4, 0.5) is 0 Å². The Balaban J connectivity index is 2.21. The van der Waals surface area contributed by atoms with Crippen molar-refractivity contribution in [1.82, 2.24) is 9.97 Å². The van der Waals surface area contributed by atoms with Crippen molar-refractivity contribution >= 4 is 5.97 Å². The molecule has 0 unspecified atom stereocenters. The second kappa shape index (κ2) is 7.58. The fraction of sp³-hybridized carbons (Fsp3) is 0.143. The van der Waals surface area contributed by atoms with Gasteiger partial charge in [-0.05, 0) is 26.0 Å². The monoisotopic (exact) mass is 343 g/mol. The van der Waals surface area contributed by atoms with E-state index in [1.807, 2.05) is 30.3 Å².